The Morgan fingerprint density at radius 3 is 2.41 bits per heavy atom. The Morgan fingerprint density at radius 1 is 1.15 bits per heavy atom. The summed E-state index contributed by atoms with van der Waals surface area (Å²) in [5, 5.41) is 5.36. The molecule has 1 saturated carbocycles. The summed E-state index contributed by atoms with van der Waals surface area (Å²) in [6, 6.07) is 5.06. The van der Waals surface area contributed by atoms with Gasteiger partial charge in [-0.15, -0.1) is 0 Å². The van der Waals surface area contributed by atoms with Crippen LogP contribution in [0.5, 0.6) is 0 Å². The van der Waals surface area contributed by atoms with E-state index in [1.807, 2.05) is 6.92 Å². The van der Waals surface area contributed by atoms with E-state index in [1.54, 1.807) is 29.7 Å². The Balaban J connectivity index is 1.62. The van der Waals surface area contributed by atoms with E-state index in [9.17, 15) is 28.0 Å². The highest BCUT2D eigenvalue weighted by Crippen LogP contribution is 2.45. The van der Waals surface area contributed by atoms with Gasteiger partial charge in [-0.2, -0.15) is 0 Å². The molecule has 0 atom stereocenters. The van der Waals surface area contributed by atoms with Crippen molar-refractivity contribution < 1.29 is 28.0 Å². The molecule has 8 nitrogen and oxygen atoms in total. The second kappa shape index (κ2) is 8.19. The molecule has 4 rings (SSSR count). The van der Waals surface area contributed by atoms with E-state index >= 15 is 0 Å². The molecule has 4 N–H and O–H groups in total. The molecule has 0 saturated heterocycles. The van der Waals surface area contributed by atoms with Crippen LogP contribution in [0, 0.1) is 13.8 Å². The summed E-state index contributed by atoms with van der Waals surface area (Å²) in [5.74, 6) is -6.98. The fourth-order valence-electron chi connectivity index (χ4n) is 4.72. The van der Waals surface area contributed by atoms with Crippen molar-refractivity contribution in [2.45, 2.75) is 57.5 Å². The number of ketones is 1. The quantitative estimate of drug-likeness (QED) is 0.423. The molecule has 0 radical (unpaired) electrons. The summed E-state index contributed by atoms with van der Waals surface area (Å²) >= 11 is 6.13. The minimum atomic E-state index is -3.15. The smallest absolute Gasteiger partial charge is 0.293 e. The third-order valence-corrected chi connectivity index (χ3v) is 6.84. The van der Waals surface area contributed by atoms with Gasteiger partial charge in [0.15, 0.2) is 0 Å². The predicted molar refractivity (Wildman–Crippen MR) is 120 cm³/mol. The molecule has 1 aromatic heterocycles. The van der Waals surface area contributed by atoms with Gasteiger partial charge in [0.1, 0.15) is 11.2 Å². The number of hydrogen-bond donors (Lipinski definition) is 3. The van der Waals surface area contributed by atoms with E-state index in [2.05, 4.69) is 10.6 Å². The Kier molecular flexibility index (Phi) is 5.75. The van der Waals surface area contributed by atoms with Gasteiger partial charge in [-0.05, 0) is 49.9 Å². The molecule has 0 unspecified atom stereocenters. The van der Waals surface area contributed by atoms with Crippen molar-refractivity contribution >= 4 is 40.8 Å². The van der Waals surface area contributed by atoms with Gasteiger partial charge in [0.2, 0.25) is 5.91 Å². The number of aryl methyl sites for hydroxylation is 1. The molecule has 1 aromatic carbocycles. The van der Waals surface area contributed by atoms with Crippen molar-refractivity contribution in [1.82, 2.24) is 9.88 Å². The standard InChI is InChI=1S/C23H23ClF2N4O4/c1-11-5-6-13(8-14(11)24)28-19(32)17-12(2)16(15-4-3-7-30(15)17)18(31)20(33)29-22(21(27)34)9-23(25,26)10-22/h5-6,8H,3-4,7,9-10H2,1-2H3,(H2,27,34)(H,28,32)(H,29,33). The fourth-order valence-corrected chi connectivity index (χ4v) is 4.90. The second-order valence-electron chi connectivity index (χ2n) is 8.91. The first-order chi connectivity index (χ1) is 15.8. The molecule has 0 bridgehead atoms. The number of nitrogens with zero attached hydrogens (tertiary/aromatic N) is 1. The third-order valence-electron chi connectivity index (χ3n) is 6.43. The average Bonchev–Trinajstić information content (AvgIpc) is 3.27. The summed E-state index contributed by atoms with van der Waals surface area (Å²) in [7, 11) is 0. The zero-order valence-electron chi connectivity index (χ0n) is 18.6. The first-order valence-corrected chi connectivity index (χ1v) is 11.1. The first-order valence-electron chi connectivity index (χ1n) is 10.7. The van der Waals surface area contributed by atoms with Crippen LogP contribution in [0.4, 0.5) is 14.5 Å². The molecular formula is C23H23ClF2N4O4. The lowest BCUT2D eigenvalue weighted by Gasteiger charge is -2.44. The van der Waals surface area contributed by atoms with Crippen LogP contribution in [0.2, 0.25) is 5.02 Å². The maximum Gasteiger partial charge on any atom is 0.293 e. The number of nitrogens with two attached hydrogens (primary N) is 1. The van der Waals surface area contributed by atoms with Crippen molar-refractivity contribution in [3.05, 3.63) is 51.3 Å². The number of Topliss-reactive ketones (excluding diaryl/α,β-unsaturated/α-hetero) is 1. The zero-order chi connectivity index (χ0) is 25.0. The number of halogens is 3. The summed E-state index contributed by atoms with van der Waals surface area (Å²) < 4.78 is 28.5. The third kappa shape index (κ3) is 3.96. The zero-order valence-corrected chi connectivity index (χ0v) is 19.3. The molecule has 1 aliphatic carbocycles. The largest absolute Gasteiger partial charge is 0.368 e. The van der Waals surface area contributed by atoms with Crippen LogP contribution in [0.25, 0.3) is 0 Å². The van der Waals surface area contributed by atoms with E-state index in [0.717, 1.165) is 5.56 Å². The predicted octanol–water partition coefficient (Wildman–Crippen LogP) is 2.91. The van der Waals surface area contributed by atoms with Crippen molar-refractivity contribution in [2.24, 2.45) is 5.73 Å². The molecule has 11 heteroatoms. The maximum atomic E-state index is 13.4. The lowest BCUT2D eigenvalue weighted by molar-refractivity contribution is -0.162. The highest BCUT2D eigenvalue weighted by atomic mass is 35.5. The molecule has 2 heterocycles. The number of carbonyl (C=O) groups excluding carboxylic acids is 4. The number of fused-ring (bicyclic) bond motifs is 1. The van der Waals surface area contributed by atoms with E-state index < -0.39 is 47.8 Å². The molecule has 34 heavy (non-hydrogen) atoms. The first kappa shape index (κ1) is 23.9. The average molecular weight is 493 g/mol. The number of anilines is 1. The van der Waals surface area contributed by atoms with Crippen LogP contribution in [-0.2, 0) is 22.6 Å². The Labute approximate surface area is 198 Å². The Morgan fingerprint density at radius 2 is 1.82 bits per heavy atom. The van der Waals surface area contributed by atoms with Crippen molar-refractivity contribution in [1.29, 1.82) is 0 Å². The number of benzene rings is 1. The van der Waals surface area contributed by atoms with Crippen molar-refractivity contribution in [3.8, 4) is 0 Å². The van der Waals surface area contributed by atoms with Crippen LogP contribution in [0.3, 0.4) is 0 Å². The van der Waals surface area contributed by atoms with Crippen LogP contribution in [0.15, 0.2) is 18.2 Å². The number of aromatic nitrogens is 1. The highest BCUT2D eigenvalue weighted by molar-refractivity contribution is 6.44. The van der Waals surface area contributed by atoms with Crippen LogP contribution < -0.4 is 16.4 Å². The second-order valence-corrected chi connectivity index (χ2v) is 9.31. The van der Waals surface area contributed by atoms with Gasteiger partial charge in [-0.25, -0.2) is 8.78 Å². The van der Waals surface area contributed by atoms with E-state index in [0.29, 0.717) is 35.8 Å². The van der Waals surface area contributed by atoms with E-state index in [-0.39, 0.29) is 16.8 Å². The number of rotatable bonds is 6. The number of amides is 3. The molecule has 2 aliphatic rings. The lowest BCUT2D eigenvalue weighted by atomic mass is 9.72. The van der Waals surface area contributed by atoms with Crippen molar-refractivity contribution in [3.63, 3.8) is 0 Å². The van der Waals surface area contributed by atoms with E-state index in [1.165, 1.54) is 0 Å². The van der Waals surface area contributed by atoms with Crippen LogP contribution >= 0.6 is 11.6 Å². The number of primary amides is 1. The number of hydrogen-bond acceptors (Lipinski definition) is 4. The minimum Gasteiger partial charge on any atom is -0.368 e. The summed E-state index contributed by atoms with van der Waals surface area (Å²) in [6.45, 7) is 3.85. The topological polar surface area (TPSA) is 123 Å². The highest BCUT2D eigenvalue weighted by Gasteiger charge is 2.61. The Bertz CT molecular complexity index is 1250. The van der Waals surface area contributed by atoms with Crippen LogP contribution in [-0.4, -0.2) is 39.5 Å². The maximum absolute atomic E-state index is 13.4. The number of nitrogens with one attached hydrogen (secondary N) is 2. The summed E-state index contributed by atoms with van der Waals surface area (Å²) in [6.07, 6.45) is -0.814. The molecule has 1 aliphatic heterocycles. The van der Waals surface area contributed by atoms with Gasteiger partial charge in [0, 0.05) is 35.8 Å². The van der Waals surface area contributed by atoms with Gasteiger partial charge >= 0.3 is 0 Å². The molecule has 3 amide bonds. The van der Waals surface area contributed by atoms with Crippen LogP contribution in [0.1, 0.15) is 56.9 Å². The van der Waals surface area contributed by atoms with Gasteiger partial charge in [0.05, 0.1) is 5.56 Å². The molecule has 1 fully saturated rings. The van der Waals surface area contributed by atoms with Gasteiger partial charge in [-0.3, -0.25) is 19.2 Å². The monoisotopic (exact) mass is 492 g/mol. The lowest BCUT2D eigenvalue weighted by Crippen LogP contribution is -2.69. The Hall–Kier alpha value is -3.27. The SMILES string of the molecule is Cc1ccc(NC(=O)c2c(C)c(C(=O)C(=O)NC3(C(N)=O)CC(F)(F)C3)c3n2CCC3)cc1Cl. The van der Waals surface area contributed by atoms with Gasteiger partial charge in [-0.1, -0.05) is 17.7 Å². The van der Waals surface area contributed by atoms with Gasteiger partial charge < -0.3 is 20.9 Å². The normalized spacial score (nSPS) is 17.4. The van der Waals surface area contributed by atoms with Crippen molar-refractivity contribution in [2.75, 3.05) is 5.32 Å². The molecular weight excluding hydrogens is 470 g/mol. The molecule has 2 aromatic rings. The summed E-state index contributed by atoms with van der Waals surface area (Å²) in [5.41, 5.74) is 5.63. The van der Waals surface area contributed by atoms with E-state index in [4.69, 9.17) is 17.3 Å². The summed E-state index contributed by atoms with van der Waals surface area (Å²) in [4.78, 5) is 50.7. The number of alkyl halides is 2. The molecule has 0 spiro atoms. The molecule has 180 valence electrons. The minimum absolute atomic E-state index is 0.0350. The number of carbonyl (C=O) groups is 4. The fraction of sp³-hybridized carbons (Fsp3) is 0.391. The van der Waals surface area contributed by atoms with Gasteiger partial charge in [0.25, 0.3) is 23.5 Å².